The van der Waals surface area contributed by atoms with Crippen LogP contribution < -0.4 is 0 Å². The molecular weight excluding hydrogens is 835 g/mol. The molecule has 5 atom stereocenters. The summed E-state index contributed by atoms with van der Waals surface area (Å²) in [7, 11) is 0. The number of rotatable bonds is 23. The average Bonchev–Trinajstić information content (AvgIpc) is 3.71. The van der Waals surface area contributed by atoms with E-state index in [9.17, 15) is 14.4 Å². The minimum Gasteiger partial charge on any atom is -0.453 e. The van der Waals surface area contributed by atoms with Gasteiger partial charge in [-0.2, -0.15) is 0 Å². The van der Waals surface area contributed by atoms with Gasteiger partial charge in [-0.05, 0) is 71.5 Å². The lowest BCUT2D eigenvalue weighted by Gasteiger charge is -2.38. The third-order valence-corrected chi connectivity index (χ3v) is 11.3. The van der Waals surface area contributed by atoms with Crippen LogP contribution in [0, 0.1) is 0 Å². The molecule has 0 amide bonds. The van der Waals surface area contributed by atoms with Gasteiger partial charge in [-0.15, -0.1) is 0 Å². The van der Waals surface area contributed by atoms with Crippen molar-refractivity contribution in [2.75, 3.05) is 19.8 Å². The number of nitrogens with zero attached hydrogens (tertiary/aromatic N) is 3. The minimum absolute atomic E-state index is 0.221. The summed E-state index contributed by atoms with van der Waals surface area (Å²) in [4.78, 5) is 45.1. The van der Waals surface area contributed by atoms with Crippen LogP contribution in [0.3, 0.4) is 0 Å². The van der Waals surface area contributed by atoms with E-state index in [1.165, 1.54) is 0 Å². The van der Waals surface area contributed by atoms with Gasteiger partial charge in [-0.25, -0.2) is 14.4 Å². The highest BCUT2D eigenvalue weighted by Crippen LogP contribution is 2.42. The largest absolute Gasteiger partial charge is 0.453 e. The van der Waals surface area contributed by atoms with Crippen molar-refractivity contribution in [3.8, 4) is 0 Å². The predicted molar refractivity (Wildman–Crippen MR) is 248 cm³/mol. The van der Waals surface area contributed by atoms with Crippen molar-refractivity contribution in [3.63, 3.8) is 0 Å². The van der Waals surface area contributed by atoms with Gasteiger partial charge in [-0.1, -0.05) is 176 Å². The van der Waals surface area contributed by atoms with Crippen molar-refractivity contribution in [1.82, 2.24) is 0 Å². The van der Waals surface area contributed by atoms with E-state index in [2.05, 4.69) is 10.0 Å². The minimum atomic E-state index is -1.36. The summed E-state index contributed by atoms with van der Waals surface area (Å²) in [6, 6.07) is 54.7. The first-order chi connectivity index (χ1) is 32.5. The summed E-state index contributed by atoms with van der Waals surface area (Å²) < 4.78 is 39.5. The normalized spacial score (nSPS) is 17.2. The zero-order chi connectivity index (χ0) is 45.8. The van der Waals surface area contributed by atoms with Gasteiger partial charge in [0.05, 0.1) is 23.3 Å². The molecule has 0 bridgehead atoms. The van der Waals surface area contributed by atoms with Crippen LogP contribution in [0.15, 0.2) is 187 Å². The first kappa shape index (κ1) is 46.9. The van der Waals surface area contributed by atoms with Crippen molar-refractivity contribution >= 4 is 17.9 Å². The maximum absolute atomic E-state index is 14.2. The van der Waals surface area contributed by atoms with Gasteiger partial charge < -0.3 is 28.4 Å². The Kier molecular flexibility index (Phi) is 17.3. The second-order valence-electron chi connectivity index (χ2n) is 15.8. The molecule has 0 spiro atoms. The third-order valence-electron chi connectivity index (χ3n) is 11.3. The number of carbonyl (C=O) groups is 3. The van der Waals surface area contributed by atoms with Crippen LogP contribution in [-0.4, -0.2) is 68.4 Å². The molecule has 338 valence electrons. The van der Waals surface area contributed by atoms with Crippen molar-refractivity contribution in [2.24, 2.45) is 5.11 Å². The van der Waals surface area contributed by atoms with E-state index >= 15 is 0 Å². The maximum Gasteiger partial charge on any atom is 0.338 e. The topological polar surface area (TPSA) is 155 Å². The number of benzene rings is 6. The summed E-state index contributed by atoms with van der Waals surface area (Å²) in [5.41, 5.74) is 10.5. The summed E-state index contributed by atoms with van der Waals surface area (Å²) in [5.74, 6) is -2.07. The Morgan fingerprint density at radius 1 is 0.545 bits per heavy atom. The Morgan fingerprint density at radius 2 is 0.955 bits per heavy atom. The molecule has 0 aliphatic carbocycles. The Labute approximate surface area is 385 Å². The Balaban J connectivity index is 1.27. The lowest BCUT2D eigenvalue weighted by atomic mass is 9.80. The Morgan fingerprint density at radius 3 is 1.42 bits per heavy atom. The molecule has 7 rings (SSSR count). The number of esters is 3. The van der Waals surface area contributed by atoms with Crippen LogP contribution in [-0.2, 0) is 34.0 Å². The van der Waals surface area contributed by atoms with Gasteiger partial charge in [0.25, 0.3) is 0 Å². The molecule has 1 aliphatic rings. The van der Waals surface area contributed by atoms with Crippen molar-refractivity contribution in [2.45, 2.75) is 74.8 Å². The molecule has 12 nitrogen and oxygen atoms in total. The highest BCUT2D eigenvalue weighted by Gasteiger charge is 2.55. The summed E-state index contributed by atoms with van der Waals surface area (Å²) in [5, 5.41) is 3.61. The standard InChI is InChI=1S/C54H53N3O9/c55-57-56-37-23-3-1-2-4-24-38-61-53-49(65-52(60)42-29-15-7-16-30-42)48(64-51(59)41-27-13-6-14-28-41)47(66-53)46(63-50(58)40-25-11-5-12-26-40)39-62-54(43-31-17-8-18-32-43,44-33-19-9-20-34-44)45-35-21-10-22-36-45/h5-22,25-36,46-49,53H,1-4,23-24,37-39H2/t46-,47+,48+,49-,53-/m1/s1. The number of azide groups is 1. The number of carbonyl (C=O) groups excluding carboxylic acids is 3. The number of hydrogen-bond donors (Lipinski definition) is 0. The average molecular weight is 888 g/mol. The lowest BCUT2D eigenvalue weighted by Crippen LogP contribution is -2.48. The molecule has 1 heterocycles. The van der Waals surface area contributed by atoms with Gasteiger partial charge in [0, 0.05) is 18.1 Å². The second kappa shape index (κ2) is 24.3. The highest BCUT2D eigenvalue weighted by atomic mass is 16.7. The van der Waals surface area contributed by atoms with Crippen LogP contribution in [0.2, 0.25) is 0 Å². The van der Waals surface area contributed by atoms with E-state index < -0.39 is 54.2 Å². The van der Waals surface area contributed by atoms with E-state index in [1.807, 2.05) is 91.0 Å². The van der Waals surface area contributed by atoms with Gasteiger partial charge in [-0.3, -0.25) is 0 Å². The molecule has 1 fully saturated rings. The zero-order valence-electron chi connectivity index (χ0n) is 36.6. The molecule has 1 saturated heterocycles. The van der Waals surface area contributed by atoms with E-state index in [0.717, 1.165) is 48.8 Å². The molecule has 0 saturated carbocycles. The van der Waals surface area contributed by atoms with E-state index in [-0.39, 0.29) is 29.9 Å². The predicted octanol–water partition coefficient (Wildman–Crippen LogP) is 11.1. The summed E-state index contributed by atoms with van der Waals surface area (Å²) in [6.07, 6.45) is -1.34. The van der Waals surface area contributed by atoms with Crippen LogP contribution >= 0.6 is 0 Å². The molecule has 66 heavy (non-hydrogen) atoms. The smallest absolute Gasteiger partial charge is 0.338 e. The number of unbranched alkanes of at least 4 members (excludes halogenated alkanes) is 5. The highest BCUT2D eigenvalue weighted by molar-refractivity contribution is 5.91. The zero-order valence-corrected chi connectivity index (χ0v) is 36.6. The van der Waals surface area contributed by atoms with Gasteiger partial charge in [0.2, 0.25) is 0 Å². The fourth-order valence-corrected chi connectivity index (χ4v) is 8.06. The van der Waals surface area contributed by atoms with Crippen molar-refractivity contribution in [3.05, 3.63) is 226 Å². The van der Waals surface area contributed by atoms with Gasteiger partial charge in [0.15, 0.2) is 24.6 Å². The Hall–Kier alpha value is -7.08. The number of hydrogen-bond acceptors (Lipinski definition) is 10. The molecule has 0 unspecified atom stereocenters. The number of ether oxygens (including phenoxy) is 6. The van der Waals surface area contributed by atoms with Gasteiger partial charge in [0.1, 0.15) is 11.7 Å². The van der Waals surface area contributed by atoms with Crippen LogP contribution in [0.5, 0.6) is 0 Å². The summed E-state index contributed by atoms with van der Waals surface area (Å²) >= 11 is 0. The van der Waals surface area contributed by atoms with Crippen LogP contribution in [0.4, 0.5) is 0 Å². The van der Waals surface area contributed by atoms with E-state index in [1.54, 1.807) is 91.0 Å². The first-order valence-corrected chi connectivity index (χ1v) is 22.3. The van der Waals surface area contributed by atoms with Crippen LogP contribution in [0.1, 0.15) is 86.3 Å². The molecule has 12 heteroatoms. The van der Waals surface area contributed by atoms with E-state index in [0.29, 0.717) is 13.0 Å². The monoisotopic (exact) mass is 887 g/mol. The Bertz CT molecular complexity index is 2360. The SMILES string of the molecule is [N-]=[N+]=NCCCCCCCCO[C@@H]1O[C@@H]([C@@H](COC(c2ccccc2)(c2ccccc2)c2ccccc2)OC(=O)c2ccccc2)[C@H](OC(=O)c2ccccc2)[C@H]1OC(=O)c1ccccc1. The molecule has 6 aromatic rings. The van der Waals surface area contributed by atoms with Crippen molar-refractivity contribution in [1.29, 1.82) is 0 Å². The quantitative estimate of drug-likeness (QED) is 0.0116. The second-order valence-corrected chi connectivity index (χ2v) is 15.8. The molecule has 0 N–H and O–H groups in total. The molecule has 0 radical (unpaired) electrons. The molecular formula is C54H53N3O9. The van der Waals surface area contributed by atoms with E-state index in [4.69, 9.17) is 34.0 Å². The van der Waals surface area contributed by atoms with Gasteiger partial charge >= 0.3 is 17.9 Å². The fourth-order valence-electron chi connectivity index (χ4n) is 8.06. The molecule has 0 aromatic heterocycles. The maximum atomic E-state index is 14.2. The molecule has 6 aromatic carbocycles. The van der Waals surface area contributed by atoms with Crippen LogP contribution in [0.25, 0.3) is 10.4 Å². The fraction of sp³-hybridized carbons (Fsp3) is 0.278. The molecule has 1 aliphatic heterocycles. The van der Waals surface area contributed by atoms with Crippen molar-refractivity contribution < 1.29 is 42.8 Å². The third kappa shape index (κ3) is 12.2. The lowest BCUT2D eigenvalue weighted by molar-refractivity contribution is -0.186. The first-order valence-electron chi connectivity index (χ1n) is 22.3. The summed E-state index contributed by atoms with van der Waals surface area (Å²) in [6.45, 7) is 0.406.